The van der Waals surface area contributed by atoms with E-state index in [2.05, 4.69) is 5.32 Å². The van der Waals surface area contributed by atoms with E-state index in [9.17, 15) is 9.59 Å². The van der Waals surface area contributed by atoms with Crippen molar-refractivity contribution < 1.29 is 4.79 Å². The van der Waals surface area contributed by atoms with Crippen molar-refractivity contribution >= 4 is 34.4 Å². The Bertz CT molecular complexity index is 1370. The third-order valence-corrected chi connectivity index (χ3v) is 6.67. The number of amides is 1. The molecule has 4 aromatic rings. The minimum Gasteiger partial charge on any atom is -0.344 e. The molecule has 0 aliphatic carbocycles. The van der Waals surface area contributed by atoms with Crippen LogP contribution in [0.1, 0.15) is 24.5 Å². The molecule has 6 nitrogen and oxygen atoms in total. The van der Waals surface area contributed by atoms with Crippen LogP contribution >= 0.6 is 11.8 Å². The van der Waals surface area contributed by atoms with Crippen molar-refractivity contribution in [1.82, 2.24) is 14.1 Å². The summed E-state index contributed by atoms with van der Waals surface area (Å²) in [6, 6.07) is 15.8. The maximum atomic E-state index is 13.4. The molecule has 0 saturated heterocycles. The van der Waals surface area contributed by atoms with E-state index in [0.717, 1.165) is 28.8 Å². The van der Waals surface area contributed by atoms with Gasteiger partial charge in [0.25, 0.3) is 5.56 Å². The summed E-state index contributed by atoms with van der Waals surface area (Å²) in [5.41, 5.74) is 6.16. The van der Waals surface area contributed by atoms with Crippen LogP contribution in [0.3, 0.4) is 0 Å². The number of fused-ring (bicyclic) bond motifs is 1. The van der Waals surface area contributed by atoms with Crippen LogP contribution in [0.25, 0.3) is 22.2 Å². The number of anilines is 1. The molecule has 2 aromatic carbocycles. The Kier molecular flexibility index (Phi) is 6.70. The second-order valence-electron chi connectivity index (χ2n) is 8.20. The van der Waals surface area contributed by atoms with Crippen molar-refractivity contribution in [2.75, 3.05) is 11.1 Å². The van der Waals surface area contributed by atoms with Crippen LogP contribution in [-0.4, -0.2) is 25.8 Å². The minimum absolute atomic E-state index is 0.0800. The van der Waals surface area contributed by atoms with Crippen LogP contribution in [0.5, 0.6) is 0 Å². The van der Waals surface area contributed by atoms with E-state index in [1.165, 1.54) is 17.3 Å². The van der Waals surface area contributed by atoms with Crippen molar-refractivity contribution in [3.05, 3.63) is 76.2 Å². The second kappa shape index (κ2) is 9.67. The van der Waals surface area contributed by atoms with E-state index in [1.807, 2.05) is 87.1 Å². The summed E-state index contributed by atoms with van der Waals surface area (Å²) >= 11 is 1.29. The highest BCUT2D eigenvalue weighted by molar-refractivity contribution is 7.99. The summed E-state index contributed by atoms with van der Waals surface area (Å²) in [5, 5.41) is 3.51. The van der Waals surface area contributed by atoms with Gasteiger partial charge >= 0.3 is 0 Å². The van der Waals surface area contributed by atoms with Crippen molar-refractivity contribution in [2.45, 2.75) is 38.9 Å². The second-order valence-corrected chi connectivity index (χ2v) is 9.15. The van der Waals surface area contributed by atoms with E-state index < -0.39 is 0 Å². The molecule has 7 heteroatoms. The predicted octanol–water partition coefficient (Wildman–Crippen LogP) is 5.16. The van der Waals surface area contributed by atoms with Gasteiger partial charge in [0.2, 0.25) is 5.91 Å². The van der Waals surface area contributed by atoms with Gasteiger partial charge in [-0.1, -0.05) is 55.1 Å². The molecule has 0 unspecified atom stereocenters. The molecule has 2 aromatic heterocycles. The average molecular weight is 461 g/mol. The zero-order valence-corrected chi connectivity index (χ0v) is 20.2. The van der Waals surface area contributed by atoms with Gasteiger partial charge in [0, 0.05) is 31.0 Å². The van der Waals surface area contributed by atoms with Gasteiger partial charge in [-0.25, -0.2) is 4.98 Å². The van der Waals surface area contributed by atoms with Gasteiger partial charge in [-0.05, 0) is 49.1 Å². The molecule has 0 bridgehead atoms. The molecule has 170 valence electrons. The molecular formula is C26H28N4O2S. The smallest absolute Gasteiger partial charge is 0.278 e. The number of rotatable bonds is 7. The quantitative estimate of drug-likeness (QED) is 0.306. The summed E-state index contributed by atoms with van der Waals surface area (Å²) in [7, 11) is 1.87. The van der Waals surface area contributed by atoms with Crippen LogP contribution in [0.15, 0.2) is 64.7 Å². The average Bonchev–Trinajstić information content (AvgIpc) is 3.14. The van der Waals surface area contributed by atoms with Gasteiger partial charge in [0.15, 0.2) is 5.16 Å². The lowest BCUT2D eigenvalue weighted by molar-refractivity contribution is -0.113. The Morgan fingerprint density at radius 2 is 1.85 bits per heavy atom. The van der Waals surface area contributed by atoms with E-state index >= 15 is 0 Å². The molecule has 0 saturated carbocycles. The highest BCUT2D eigenvalue weighted by atomic mass is 32.2. The number of nitrogens with zero attached hydrogens (tertiary/aromatic N) is 3. The fourth-order valence-corrected chi connectivity index (χ4v) is 4.67. The molecule has 0 radical (unpaired) electrons. The zero-order chi connectivity index (χ0) is 23.5. The molecule has 0 aliphatic rings. The summed E-state index contributed by atoms with van der Waals surface area (Å²) in [5.74, 6) is 0.0410. The van der Waals surface area contributed by atoms with Crippen molar-refractivity contribution in [2.24, 2.45) is 7.05 Å². The van der Waals surface area contributed by atoms with E-state index in [-0.39, 0.29) is 17.2 Å². The topological polar surface area (TPSA) is 68.9 Å². The third kappa shape index (κ3) is 4.73. The molecular weight excluding hydrogens is 432 g/mol. The molecule has 33 heavy (non-hydrogen) atoms. The largest absolute Gasteiger partial charge is 0.344 e. The lowest BCUT2D eigenvalue weighted by Crippen LogP contribution is -2.25. The maximum absolute atomic E-state index is 13.4. The summed E-state index contributed by atoms with van der Waals surface area (Å²) in [6.45, 7) is 6.64. The zero-order valence-electron chi connectivity index (χ0n) is 19.4. The van der Waals surface area contributed by atoms with Gasteiger partial charge in [-0.3, -0.25) is 14.2 Å². The van der Waals surface area contributed by atoms with Crippen LogP contribution < -0.4 is 10.9 Å². The first kappa shape index (κ1) is 22.9. The number of thioether (sulfide) groups is 1. The molecule has 1 N–H and O–H groups in total. The molecule has 0 aliphatic heterocycles. The summed E-state index contributed by atoms with van der Waals surface area (Å²) in [6.07, 6.45) is 2.75. The SMILES string of the molecule is CCCn1c(SCC(=O)Nc2ccc(C)c(C)c2)nc2c(-c3ccccc3)cn(C)c2c1=O. The Hall–Kier alpha value is -3.32. The number of nitrogens with one attached hydrogen (secondary N) is 1. The normalized spacial score (nSPS) is 11.2. The number of carbonyl (C=O) groups excluding carboxylic acids is 1. The van der Waals surface area contributed by atoms with Crippen LogP contribution in [0.2, 0.25) is 0 Å². The Morgan fingerprint density at radius 3 is 2.55 bits per heavy atom. The summed E-state index contributed by atoms with van der Waals surface area (Å²) < 4.78 is 3.53. The van der Waals surface area contributed by atoms with Crippen molar-refractivity contribution in [1.29, 1.82) is 0 Å². The van der Waals surface area contributed by atoms with Gasteiger partial charge < -0.3 is 9.88 Å². The van der Waals surface area contributed by atoms with Gasteiger partial charge in [0.1, 0.15) is 11.0 Å². The molecule has 2 heterocycles. The Labute approximate surface area is 197 Å². The first-order chi connectivity index (χ1) is 15.9. The molecule has 0 fully saturated rings. The Balaban J connectivity index is 1.67. The van der Waals surface area contributed by atoms with E-state index in [1.54, 1.807) is 4.57 Å². The van der Waals surface area contributed by atoms with Gasteiger partial charge in [-0.2, -0.15) is 0 Å². The first-order valence-corrected chi connectivity index (χ1v) is 12.0. The highest BCUT2D eigenvalue weighted by Crippen LogP contribution is 2.29. The minimum atomic E-state index is -0.128. The van der Waals surface area contributed by atoms with E-state index in [0.29, 0.717) is 22.7 Å². The molecule has 0 spiro atoms. The highest BCUT2D eigenvalue weighted by Gasteiger charge is 2.19. The van der Waals surface area contributed by atoms with Crippen LogP contribution in [0, 0.1) is 13.8 Å². The van der Waals surface area contributed by atoms with Crippen molar-refractivity contribution in [3.63, 3.8) is 0 Å². The Morgan fingerprint density at radius 1 is 1.09 bits per heavy atom. The molecule has 4 rings (SSSR count). The van der Waals surface area contributed by atoms with Crippen molar-refractivity contribution in [3.8, 4) is 11.1 Å². The van der Waals surface area contributed by atoms with Crippen LogP contribution in [-0.2, 0) is 18.4 Å². The molecule has 1 amide bonds. The monoisotopic (exact) mass is 460 g/mol. The predicted molar refractivity (Wildman–Crippen MR) is 136 cm³/mol. The van der Waals surface area contributed by atoms with Crippen LogP contribution in [0.4, 0.5) is 5.69 Å². The fourth-order valence-electron chi connectivity index (χ4n) is 3.86. The molecule has 0 atom stereocenters. The number of aryl methyl sites for hydroxylation is 3. The fraction of sp³-hybridized carbons (Fsp3) is 0.269. The maximum Gasteiger partial charge on any atom is 0.278 e. The lowest BCUT2D eigenvalue weighted by Gasteiger charge is -2.12. The number of aromatic nitrogens is 3. The third-order valence-electron chi connectivity index (χ3n) is 5.70. The summed E-state index contributed by atoms with van der Waals surface area (Å²) in [4.78, 5) is 30.9. The van der Waals surface area contributed by atoms with Gasteiger partial charge in [0.05, 0.1) is 5.75 Å². The standard InChI is InChI=1S/C26H28N4O2S/c1-5-13-30-25(32)24-23(21(15-29(24)4)19-9-7-6-8-10-19)28-26(30)33-16-22(31)27-20-12-11-17(2)18(3)14-20/h6-12,14-15H,5,13,16H2,1-4H3,(H,27,31). The first-order valence-electron chi connectivity index (χ1n) is 11.0. The number of benzene rings is 2. The lowest BCUT2D eigenvalue weighted by atomic mass is 10.1. The number of hydrogen-bond acceptors (Lipinski definition) is 4. The van der Waals surface area contributed by atoms with E-state index in [4.69, 9.17) is 4.98 Å². The number of hydrogen-bond donors (Lipinski definition) is 1. The number of carbonyl (C=O) groups is 1. The van der Waals surface area contributed by atoms with Gasteiger partial charge in [-0.15, -0.1) is 0 Å².